The molecule has 6 nitrogen and oxygen atoms in total. The fourth-order valence-electron chi connectivity index (χ4n) is 2.62. The van der Waals surface area contributed by atoms with Gasteiger partial charge in [-0.05, 0) is 30.4 Å². The number of aliphatic hydroxyl groups is 1. The molecule has 2 N–H and O–H groups in total. The third-order valence-electron chi connectivity index (χ3n) is 3.94. The number of nitro groups is 1. The Bertz CT molecular complexity index is 737. The van der Waals surface area contributed by atoms with Crippen LogP contribution in [0.15, 0.2) is 48.5 Å². The minimum absolute atomic E-state index is 0.0432. The molecule has 2 rings (SSSR count). The van der Waals surface area contributed by atoms with Crippen molar-refractivity contribution in [1.29, 1.82) is 0 Å². The van der Waals surface area contributed by atoms with Crippen molar-refractivity contribution in [3.63, 3.8) is 0 Å². The van der Waals surface area contributed by atoms with E-state index in [1.165, 1.54) is 12.1 Å². The second kappa shape index (κ2) is 9.15. The van der Waals surface area contributed by atoms with Crippen molar-refractivity contribution in [1.82, 2.24) is 5.32 Å². The van der Waals surface area contributed by atoms with Crippen molar-refractivity contribution in [2.24, 2.45) is 0 Å². The zero-order valence-corrected chi connectivity index (χ0v) is 14.3. The molecule has 2 aromatic carbocycles. The molecule has 0 saturated heterocycles. The maximum absolute atomic E-state index is 12.2. The van der Waals surface area contributed by atoms with Gasteiger partial charge in [0.25, 0.3) is 11.6 Å². The highest BCUT2D eigenvalue weighted by molar-refractivity contribution is 6.34. The summed E-state index contributed by atoms with van der Waals surface area (Å²) >= 11 is 5.96. The Morgan fingerprint density at radius 1 is 1.20 bits per heavy atom. The van der Waals surface area contributed by atoms with Gasteiger partial charge in [0.2, 0.25) is 0 Å². The standard InChI is InChI=1S/C18H19ClN2O4/c19-17-12-15(21(24)25)6-7-16(17)18(23)20-10-8-14(9-11-22)13-4-2-1-3-5-13/h1-7,12,14,22H,8-11H2,(H,20,23). The Morgan fingerprint density at radius 2 is 1.92 bits per heavy atom. The Balaban J connectivity index is 1.96. The van der Waals surface area contributed by atoms with E-state index < -0.39 is 4.92 Å². The number of benzene rings is 2. The van der Waals surface area contributed by atoms with Crippen molar-refractivity contribution in [3.8, 4) is 0 Å². The van der Waals surface area contributed by atoms with Gasteiger partial charge in [-0.1, -0.05) is 41.9 Å². The smallest absolute Gasteiger partial charge is 0.270 e. The number of non-ortho nitro benzene ring substituents is 1. The average Bonchev–Trinajstić information content (AvgIpc) is 2.61. The molecule has 0 fully saturated rings. The normalized spacial score (nSPS) is 11.8. The molecule has 0 saturated carbocycles. The van der Waals surface area contributed by atoms with Crippen LogP contribution in [0.1, 0.15) is 34.7 Å². The molecule has 1 atom stereocenters. The second-order valence-corrected chi connectivity index (χ2v) is 5.99. The quantitative estimate of drug-likeness (QED) is 0.555. The lowest BCUT2D eigenvalue weighted by molar-refractivity contribution is -0.384. The van der Waals surface area contributed by atoms with E-state index in [2.05, 4.69) is 5.32 Å². The molecule has 0 aromatic heterocycles. The zero-order valence-electron chi connectivity index (χ0n) is 13.5. The van der Waals surface area contributed by atoms with Crippen molar-refractivity contribution < 1.29 is 14.8 Å². The molecule has 1 amide bonds. The van der Waals surface area contributed by atoms with Gasteiger partial charge in [0.05, 0.1) is 15.5 Å². The minimum Gasteiger partial charge on any atom is -0.396 e. The number of aliphatic hydroxyl groups excluding tert-OH is 1. The Labute approximate surface area is 150 Å². The van der Waals surface area contributed by atoms with E-state index in [0.717, 1.165) is 11.6 Å². The molecule has 2 aromatic rings. The number of halogens is 1. The molecule has 0 aliphatic heterocycles. The van der Waals surface area contributed by atoms with Gasteiger partial charge in [0.15, 0.2) is 0 Å². The number of carbonyl (C=O) groups excluding carboxylic acids is 1. The van der Waals surface area contributed by atoms with Crippen molar-refractivity contribution >= 4 is 23.2 Å². The Morgan fingerprint density at radius 3 is 2.52 bits per heavy atom. The summed E-state index contributed by atoms with van der Waals surface area (Å²) in [5, 5.41) is 22.8. The summed E-state index contributed by atoms with van der Waals surface area (Å²) in [5.41, 5.74) is 1.15. The van der Waals surface area contributed by atoms with E-state index >= 15 is 0 Å². The van der Waals surface area contributed by atoms with Gasteiger partial charge >= 0.3 is 0 Å². The maximum Gasteiger partial charge on any atom is 0.270 e. The number of hydrogen-bond donors (Lipinski definition) is 2. The summed E-state index contributed by atoms with van der Waals surface area (Å²) in [6, 6.07) is 13.6. The largest absolute Gasteiger partial charge is 0.396 e. The molecule has 0 bridgehead atoms. The van der Waals surface area contributed by atoms with Gasteiger partial charge in [0, 0.05) is 25.3 Å². The number of amides is 1. The molecule has 0 heterocycles. The van der Waals surface area contributed by atoms with Crippen LogP contribution in [0.3, 0.4) is 0 Å². The van der Waals surface area contributed by atoms with Crippen LogP contribution < -0.4 is 5.32 Å². The van der Waals surface area contributed by atoms with E-state index in [-0.39, 0.29) is 34.7 Å². The summed E-state index contributed by atoms with van der Waals surface area (Å²) in [7, 11) is 0. The van der Waals surface area contributed by atoms with E-state index in [4.69, 9.17) is 11.6 Å². The van der Waals surface area contributed by atoms with Crippen LogP contribution in [0.4, 0.5) is 5.69 Å². The number of nitrogens with zero attached hydrogens (tertiary/aromatic N) is 1. The lowest BCUT2D eigenvalue weighted by atomic mass is 9.93. The summed E-state index contributed by atoms with van der Waals surface area (Å²) < 4.78 is 0. The third kappa shape index (κ3) is 5.27. The lowest BCUT2D eigenvalue weighted by Gasteiger charge is -2.16. The SMILES string of the molecule is O=C(NCCC(CCO)c1ccccc1)c1ccc([N+](=O)[O-])cc1Cl. The van der Waals surface area contributed by atoms with Crippen molar-refractivity contribution in [2.45, 2.75) is 18.8 Å². The summed E-state index contributed by atoms with van der Waals surface area (Å²) in [6.45, 7) is 0.480. The number of nitrogens with one attached hydrogen (secondary N) is 1. The van der Waals surface area contributed by atoms with Crippen LogP contribution in [0.25, 0.3) is 0 Å². The first-order chi connectivity index (χ1) is 12.0. The van der Waals surface area contributed by atoms with E-state index in [1.54, 1.807) is 0 Å². The molecule has 0 aliphatic carbocycles. The van der Waals surface area contributed by atoms with Gasteiger partial charge in [-0.25, -0.2) is 0 Å². The molecule has 0 aliphatic rings. The average molecular weight is 363 g/mol. The van der Waals surface area contributed by atoms with Crippen LogP contribution in [0.2, 0.25) is 5.02 Å². The Hall–Kier alpha value is -2.44. The fraction of sp³-hybridized carbons (Fsp3) is 0.278. The highest BCUT2D eigenvalue weighted by Crippen LogP contribution is 2.24. The highest BCUT2D eigenvalue weighted by atomic mass is 35.5. The maximum atomic E-state index is 12.2. The molecule has 25 heavy (non-hydrogen) atoms. The van der Waals surface area contributed by atoms with Crippen LogP contribution in [-0.2, 0) is 0 Å². The fourth-order valence-corrected chi connectivity index (χ4v) is 2.88. The zero-order chi connectivity index (χ0) is 18.2. The van der Waals surface area contributed by atoms with Gasteiger partial charge < -0.3 is 10.4 Å². The summed E-state index contributed by atoms with van der Waals surface area (Å²) in [5.74, 6) is -0.241. The topological polar surface area (TPSA) is 92.5 Å². The van der Waals surface area contributed by atoms with Crippen LogP contribution in [0.5, 0.6) is 0 Å². The number of rotatable bonds is 8. The molecule has 0 radical (unpaired) electrons. The Kier molecular flexibility index (Phi) is 6.91. The first-order valence-corrected chi connectivity index (χ1v) is 8.28. The highest BCUT2D eigenvalue weighted by Gasteiger charge is 2.16. The molecule has 1 unspecified atom stereocenters. The number of carbonyl (C=O) groups is 1. The molecular formula is C18H19ClN2O4. The first kappa shape index (κ1) is 18.9. The van der Waals surface area contributed by atoms with Crippen LogP contribution >= 0.6 is 11.6 Å². The van der Waals surface area contributed by atoms with E-state index in [0.29, 0.717) is 19.4 Å². The molecule has 132 valence electrons. The monoisotopic (exact) mass is 362 g/mol. The lowest BCUT2D eigenvalue weighted by Crippen LogP contribution is -2.26. The minimum atomic E-state index is -0.563. The van der Waals surface area contributed by atoms with E-state index in [1.807, 2.05) is 30.3 Å². The predicted octanol–water partition coefficient (Wildman–Crippen LogP) is 3.53. The van der Waals surface area contributed by atoms with Gasteiger partial charge in [-0.15, -0.1) is 0 Å². The van der Waals surface area contributed by atoms with Crippen LogP contribution in [0, 0.1) is 10.1 Å². The van der Waals surface area contributed by atoms with Crippen LogP contribution in [-0.4, -0.2) is 29.1 Å². The second-order valence-electron chi connectivity index (χ2n) is 5.59. The third-order valence-corrected chi connectivity index (χ3v) is 4.25. The van der Waals surface area contributed by atoms with Gasteiger partial charge in [-0.3, -0.25) is 14.9 Å². The summed E-state index contributed by atoms with van der Waals surface area (Å²) in [6.07, 6.45) is 1.28. The molecular weight excluding hydrogens is 344 g/mol. The first-order valence-electron chi connectivity index (χ1n) is 7.91. The number of nitro benzene ring substituents is 1. The molecule has 0 spiro atoms. The van der Waals surface area contributed by atoms with Gasteiger partial charge in [-0.2, -0.15) is 0 Å². The van der Waals surface area contributed by atoms with Crippen molar-refractivity contribution in [2.75, 3.05) is 13.2 Å². The van der Waals surface area contributed by atoms with Crippen molar-refractivity contribution in [3.05, 3.63) is 74.8 Å². The molecule has 7 heteroatoms. The number of hydrogen-bond acceptors (Lipinski definition) is 4. The van der Waals surface area contributed by atoms with Gasteiger partial charge in [0.1, 0.15) is 0 Å². The van der Waals surface area contributed by atoms with E-state index in [9.17, 15) is 20.0 Å². The summed E-state index contributed by atoms with van der Waals surface area (Å²) in [4.78, 5) is 22.3. The predicted molar refractivity (Wildman–Crippen MR) is 95.9 cm³/mol.